The van der Waals surface area contributed by atoms with Crippen LogP contribution >= 0.6 is 0 Å². The number of nitrogens with zero attached hydrogens (tertiary/aromatic N) is 2. The quantitative estimate of drug-likeness (QED) is 0.693. The van der Waals surface area contributed by atoms with Crippen LogP contribution in [0.3, 0.4) is 0 Å². The third-order valence-electron chi connectivity index (χ3n) is 2.52. The van der Waals surface area contributed by atoms with Gasteiger partial charge < -0.3 is 5.73 Å². The summed E-state index contributed by atoms with van der Waals surface area (Å²) in [6.45, 7) is 0. The highest BCUT2D eigenvalue weighted by Crippen LogP contribution is 2.27. The van der Waals surface area contributed by atoms with E-state index in [4.69, 9.17) is 5.73 Å². The Balaban J connectivity index is 2.53. The van der Waals surface area contributed by atoms with Crippen LogP contribution in [0.15, 0.2) is 29.4 Å². The Kier molecular flexibility index (Phi) is 1.42. The summed E-state index contributed by atoms with van der Waals surface area (Å²) >= 11 is 0. The number of carbonyl (C=O) groups excluding carboxylic acids is 1. The van der Waals surface area contributed by atoms with Gasteiger partial charge in [0.05, 0.1) is 11.1 Å². The normalized spacial score (nSPS) is 13.5. The molecule has 1 aliphatic rings. The first-order valence-electron chi connectivity index (χ1n) is 4.53. The topological polar surface area (TPSA) is 68.3 Å². The van der Waals surface area contributed by atoms with Crippen molar-refractivity contribution in [1.29, 1.82) is 0 Å². The number of aliphatic imine (C=N–C) groups is 1. The number of carbonyl (C=O) groups is 1. The number of amides is 1. The second-order valence-electron chi connectivity index (χ2n) is 3.38. The Bertz CT molecular complexity index is 617. The van der Waals surface area contributed by atoms with Gasteiger partial charge in [-0.2, -0.15) is 0 Å². The largest absolute Gasteiger partial charge is 0.398 e. The van der Waals surface area contributed by atoms with Gasteiger partial charge in [0.15, 0.2) is 0 Å². The van der Waals surface area contributed by atoms with Crippen molar-refractivity contribution in [3.05, 3.63) is 35.5 Å². The Morgan fingerprint density at radius 2 is 2.07 bits per heavy atom. The molecule has 3 rings (SSSR count). The van der Waals surface area contributed by atoms with Gasteiger partial charge >= 0.3 is 0 Å². The average Bonchev–Trinajstić information content (AvgIpc) is 2.61. The van der Waals surface area contributed by atoms with Crippen LogP contribution in [0.4, 0.5) is 5.69 Å². The first-order chi connectivity index (χ1) is 7.27. The summed E-state index contributed by atoms with van der Waals surface area (Å²) in [5.74, 6) is -0.213. The molecule has 0 saturated heterocycles. The van der Waals surface area contributed by atoms with E-state index in [9.17, 15) is 4.79 Å². The molecule has 0 unspecified atom stereocenters. The highest BCUT2D eigenvalue weighted by Gasteiger charge is 2.18. The third kappa shape index (κ3) is 0.985. The van der Waals surface area contributed by atoms with Crippen molar-refractivity contribution in [3.8, 4) is 0 Å². The second kappa shape index (κ2) is 2.63. The molecule has 0 aliphatic carbocycles. The van der Waals surface area contributed by atoms with Crippen molar-refractivity contribution in [2.45, 2.75) is 0 Å². The van der Waals surface area contributed by atoms with Crippen molar-refractivity contribution < 1.29 is 4.79 Å². The first-order valence-corrected chi connectivity index (χ1v) is 4.53. The molecule has 2 N–H and O–H groups in total. The van der Waals surface area contributed by atoms with Crippen LogP contribution < -0.4 is 5.73 Å². The van der Waals surface area contributed by atoms with E-state index in [0.717, 1.165) is 16.5 Å². The average molecular weight is 197 g/mol. The monoisotopic (exact) mass is 197 g/mol. The van der Waals surface area contributed by atoms with Crippen LogP contribution in [-0.4, -0.2) is 17.1 Å². The van der Waals surface area contributed by atoms with E-state index < -0.39 is 0 Å². The van der Waals surface area contributed by atoms with Gasteiger partial charge in [-0.3, -0.25) is 9.78 Å². The van der Waals surface area contributed by atoms with Gasteiger partial charge in [-0.05, 0) is 18.2 Å². The molecular weight excluding hydrogens is 190 g/mol. The van der Waals surface area contributed by atoms with E-state index in [0.29, 0.717) is 11.3 Å². The Morgan fingerprint density at radius 3 is 2.93 bits per heavy atom. The maximum Gasteiger partial charge on any atom is 0.277 e. The lowest BCUT2D eigenvalue weighted by atomic mass is 10.0. The zero-order chi connectivity index (χ0) is 10.4. The van der Waals surface area contributed by atoms with Gasteiger partial charge in [0.2, 0.25) is 0 Å². The van der Waals surface area contributed by atoms with E-state index in [-0.39, 0.29) is 5.91 Å². The third-order valence-corrected chi connectivity index (χ3v) is 2.52. The number of hydrogen-bond acceptors (Lipinski definition) is 3. The van der Waals surface area contributed by atoms with E-state index >= 15 is 0 Å². The van der Waals surface area contributed by atoms with Gasteiger partial charge in [-0.15, -0.1) is 0 Å². The maximum absolute atomic E-state index is 11.4. The van der Waals surface area contributed by atoms with Crippen molar-refractivity contribution in [2.75, 3.05) is 5.73 Å². The summed E-state index contributed by atoms with van der Waals surface area (Å²) < 4.78 is 0. The molecule has 0 spiro atoms. The fraction of sp³-hybridized carbons (Fsp3) is 0. The molecule has 2 heterocycles. The molecule has 1 aliphatic heterocycles. The highest BCUT2D eigenvalue weighted by molar-refractivity contribution is 6.20. The van der Waals surface area contributed by atoms with E-state index in [1.807, 2.05) is 0 Å². The molecule has 0 bridgehead atoms. The van der Waals surface area contributed by atoms with Crippen molar-refractivity contribution in [1.82, 2.24) is 4.98 Å². The summed E-state index contributed by atoms with van der Waals surface area (Å²) in [5, 5.41) is 0.810. The predicted molar refractivity (Wildman–Crippen MR) is 58.1 cm³/mol. The summed E-state index contributed by atoms with van der Waals surface area (Å²) in [7, 11) is 0. The lowest BCUT2D eigenvalue weighted by Gasteiger charge is -2.04. The van der Waals surface area contributed by atoms with Crippen LogP contribution in [-0.2, 0) is 0 Å². The molecule has 4 heteroatoms. The molecule has 0 radical (unpaired) electrons. The summed E-state index contributed by atoms with van der Waals surface area (Å²) in [6, 6.07) is 5.25. The SMILES string of the molecule is Nc1ccnc2ccc3c(c12)C=NC3=O. The standard InChI is InChI=1S/C11H7N3O/c12-8-3-4-13-9-2-1-6-7(10(8)9)5-14-11(6)15/h1-5H,(H2,12,13). The fourth-order valence-corrected chi connectivity index (χ4v) is 1.81. The van der Waals surface area contributed by atoms with Crippen LogP contribution in [0.1, 0.15) is 15.9 Å². The predicted octanol–water partition coefficient (Wildman–Crippen LogP) is 1.39. The van der Waals surface area contributed by atoms with Gasteiger partial charge in [0.25, 0.3) is 5.91 Å². The second-order valence-corrected chi connectivity index (χ2v) is 3.38. The van der Waals surface area contributed by atoms with Crippen LogP contribution in [0.25, 0.3) is 10.9 Å². The number of fused-ring (bicyclic) bond motifs is 3. The minimum absolute atomic E-state index is 0.213. The molecule has 1 aromatic heterocycles. The number of nitrogen functional groups attached to an aromatic ring is 1. The molecule has 1 amide bonds. The minimum Gasteiger partial charge on any atom is -0.398 e. The number of rotatable bonds is 0. The van der Waals surface area contributed by atoms with Crippen molar-refractivity contribution in [3.63, 3.8) is 0 Å². The van der Waals surface area contributed by atoms with Gasteiger partial charge in [0, 0.05) is 29.0 Å². The fourth-order valence-electron chi connectivity index (χ4n) is 1.81. The Morgan fingerprint density at radius 1 is 1.20 bits per heavy atom. The summed E-state index contributed by atoms with van der Waals surface area (Å²) in [4.78, 5) is 19.3. The molecule has 0 fully saturated rings. The zero-order valence-corrected chi connectivity index (χ0v) is 7.77. The van der Waals surface area contributed by atoms with E-state index in [1.54, 1.807) is 30.6 Å². The van der Waals surface area contributed by atoms with Crippen LogP contribution in [0.5, 0.6) is 0 Å². The minimum atomic E-state index is -0.213. The molecule has 15 heavy (non-hydrogen) atoms. The van der Waals surface area contributed by atoms with Crippen molar-refractivity contribution in [2.24, 2.45) is 4.99 Å². The number of nitrogens with two attached hydrogens (primary N) is 1. The molecular formula is C11H7N3O. The van der Waals surface area contributed by atoms with Gasteiger partial charge in [0.1, 0.15) is 0 Å². The number of pyridine rings is 1. The summed E-state index contributed by atoms with van der Waals surface area (Å²) in [5.41, 5.74) is 8.65. The summed E-state index contributed by atoms with van der Waals surface area (Å²) in [6.07, 6.45) is 3.20. The zero-order valence-electron chi connectivity index (χ0n) is 7.77. The molecule has 72 valence electrons. The number of aromatic nitrogens is 1. The maximum atomic E-state index is 11.4. The molecule has 0 atom stereocenters. The van der Waals surface area contributed by atoms with Gasteiger partial charge in [-0.25, -0.2) is 4.99 Å². The first kappa shape index (κ1) is 8.11. The van der Waals surface area contributed by atoms with E-state index in [2.05, 4.69) is 9.98 Å². The smallest absolute Gasteiger partial charge is 0.277 e. The van der Waals surface area contributed by atoms with Crippen LogP contribution in [0, 0.1) is 0 Å². The van der Waals surface area contributed by atoms with Crippen LogP contribution in [0.2, 0.25) is 0 Å². The number of anilines is 1. The molecule has 0 saturated carbocycles. The Labute approximate surface area is 85.5 Å². The van der Waals surface area contributed by atoms with E-state index in [1.165, 1.54) is 0 Å². The number of hydrogen-bond donors (Lipinski definition) is 1. The number of benzene rings is 1. The highest BCUT2D eigenvalue weighted by atomic mass is 16.1. The Hall–Kier alpha value is -2.23. The van der Waals surface area contributed by atoms with Crippen molar-refractivity contribution >= 4 is 28.7 Å². The lowest BCUT2D eigenvalue weighted by molar-refractivity contribution is 0.101. The lowest BCUT2D eigenvalue weighted by Crippen LogP contribution is -1.96. The molecule has 2 aromatic rings. The molecule has 4 nitrogen and oxygen atoms in total. The molecule has 1 aromatic carbocycles. The van der Waals surface area contributed by atoms with Gasteiger partial charge in [-0.1, -0.05) is 0 Å².